The van der Waals surface area contributed by atoms with Gasteiger partial charge in [0.2, 0.25) is 0 Å². The van der Waals surface area contributed by atoms with Crippen molar-refractivity contribution in [3.63, 3.8) is 0 Å². The lowest BCUT2D eigenvalue weighted by molar-refractivity contribution is 0.169. The minimum atomic E-state index is -3.21. The number of rotatable bonds is 4. The van der Waals surface area contributed by atoms with E-state index in [1.807, 2.05) is 6.07 Å². The van der Waals surface area contributed by atoms with Crippen LogP contribution in [0.3, 0.4) is 0 Å². The second-order valence-electron chi connectivity index (χ2n) is 3.63. The minimum absolute atomic E-state index is 0.412. The van der Waals surface area contributed by atoms with Crippen molar-refractivity contribution >= 4 is 9.84 Å². The molecule has 4 heteroatoms. The van der Waals surface area contributed by atoms with Crippen LogP contribution in [0.2, 0.25) is 0 Å². The molecule has 0 saturated carbocycles. The Balaban J connectivity index is 2.98. The molecule has 1 rings (SSSR count). The maximum atomic E-state index is 11.4. The molecule has 0 amide bonds. The van der Waals surface area contributed by atoms with Gasteiger partial charge in [0.25, 0.3) is 0 Å². The molecule has 0 saturated heterocycles. The molecule has 2 atom stereocenters. The summed E-state index contributed by atoms with van der Waals surface area (Å²) in [5.41, 5.74) is 0.648. The van der Waals surface area contributed by atoms with Gasteiger partial charge in [-0.2, -0.15) is 0 Å². The Morgan fingerprint density at radius 2 is 1.80 bits per heavy atom. The summed E-state index contributed by atoms with van der Waals surface area (Å²) in [5, 5.41) is 9.21. The molecule has 0 aliphatic rings. The maximum absolute atomic E-state index is 11.4. The van der Waals surface area contributed by atoms with Crippen LogP contribution >= 0.6 is 0 Å². The quantitative estimate of drug-likeness (QED) is 0.850. The second kappa shape index (κ2) is 4.77. The van der Waals surface area contributed by atoms with Gasteiger partial charge in [0.05, 0.1) is 11.4 Å². The van der Waals surface area contributed by atoms with Crippen molar-refractivity contribution in [1.82, 2.24) is 0 Å². The zero-order valence-electron chi connectivity index (χ0n) is 8.92. The van der Waals surface area contributed by atoms with E-state index in [0.717, 1.165) is 6.26 Å². The van der Waals surface area contributed by atoms with Gasteiger partial charge in [0, 0.05) is 6.26 Å². The average Bonchev–Trinajstić information content (AvgIpc) is 2.18. The first-order chi connectivity index (χ1) is 6.96. The summed E-state index contributed by atoms with van der Waals surface area (Å²) in [5.74, 6) is 0. The van der Waals surface area contributed by atoms with Crippen LogP contribution in [0.15, 0.2) is 30.3 Å². The summed E-state index contributed by atoms with van der Waals surface area (Å²) < 4.78 is 22.8. The van der Waals surface area contributed by atoms with Gasteiger partial charge in [-0.1, -0.05) is 37.3 Å². The molecule has 1 aromatic rings. The van der Waals surface area contributed by atoms with Crippen LogP contribution < -0.4 is 0 Å². The third-order valence-corrected chi connectivity index (χ3v) is 4.14. The highest BCUT2D eigenvalue weighted by atomic mass is 32.2. The molecule has 0 bridgehead atoms. The fourth-order valence-corrected chi connectivity index (χ4v) is 2.86. The van der Waals surface area contributed by atoms with Crippen LogP contribution in [0.4, 0.5) is 0 Å². The molecule has 0 aromatic heterocycles. The number of hydrogen-bond acceptors (Lipinski definition) is 3. The Hall–Kier alpha value is -0.870. The topological polar surface area (TPSA) is 54.4 Å². The van der Waals surface area contributed by atoms with E-state index >= 15 is 0 Å². The van der Waals surface area contributed by atoms with Crippen molar-refractivity contribution in [3.05, 3.63) is 35.9 Å². The first-order valence-electron chi connectivity index (χ1n) is 4.88. The molecule has 0 radical (unpaired) electrons. The van der Waals surface area contributed by atoms with Gasteiger partial charge in [0.1, 0.15) is 0 Å². The van der Waals surface area contributed by atoms with Crippen molar-refractivity contribution in [1.29, 1.82) is 0 Å². The fraction of sp³-hybridized carbons (Fsp3) is 0.455. The molecular weight excluding hydrogens is 212 g/mol. The maximum Gasteiger partial charge on any atom is 0.153 e. The number of benzene rings is 1. The van der Waals surface area contributed by atoms with E-state index in [9.17, 15) is 13.5 Å². The Morgan fingerprint density at radius 1 is 1.27 bits per heavy atom. The van der Waals surface area contributed by atoms with Gasteiger partial charge >= 0.3 is 0 Å². The molecule has 1 N–H and O–H groups in total. The number of hydrogen-bond donors (Lipinski definition) is 1. The lowest BCUT2D eigenvalue weighted by Gasteiger charge is -2.20. The molecule has 0 heterocycles. The van der Waals surface area contributed by atoms with Crippen molar-refractivity contribution in [2.45, 2.75) is 24.7 Å². The molecule has 1 aromatic carbocycles. The summed E-state index contributed by atoms with van der Waals surface area (Å²) in [6, 6.07) is 8.87. The van der Waals surface area contributed by atoms with Crippen molar-refractivity contribution in [2.75, 3.05) is 6.26 Å². The molecule has 15 heavy (non-hydrogen) atoms. The van der Waals surface area contributed by atoms with Crippen molar-refractivity contribution in [3.8, 4) is 0 Å². The average molecular weight is 228 g/mol. The molecule has 3 nitrogen and oxygen atoms in total. The minimum Gasteiger partial charge on any atom is -0.387 e. The van der Waals surface area contributed by atoms with E-state index in [1.165, 1.54) is 0 Å². The van der Waals surface area contributed by atoms with Crippen LogP contribution in [-0.2, 0) is 9.84 Å². The predicted octanol–water partition coefficient (Wildman–Crippen LogP) is 1.54. The summed E-state index contributed by atoms with van der Waals surface area (Å²) in [7, 11) is -3.21. The van der Waals surface area contributed by atoms with E-state index in [2.05, 4.69) is 0 Å². The zero-order chi connectivity index (χ0) is 11.5. The Kier molecular flexibility index (Phi) is 3.88. The largest absolute Gasteiger partial charge is 0.387 e. The highest BCUT2D eigenvalue weighted by molar-refractivity contribution is 7.91. The van der Waals surface area contributed by atoms with Crippen LogP contribution in [0, 0.1) is 0 Å². The van der Waals surface area contributed by atoms with E-state index in [4.69, 9.17) is 0 Å². The van der Waals surface area contributed by atoms with Crippen molar-refractivity contribution < 1.29 is 13.5 Å². The van der Waals surface area contributed by atoms with Crippen LogP contribution in [0.25, 0.3) is 0 Å². The van der Waals surface area contributed by atoms with Crippen LogP contribution in [0.1, 0.15) is 25.0 Å². The van der Waals surface area contributed by atoms with Crippen LogP contribution in [0.5, 0.6) is 0 Å². The Labute approximate surface area is 90.7 Å². The lowest BCUT2D eigenvalue weighted by atomic mass is 10.1. The zero-order valence-corrected chi connectivity index (χ0v) is 9.74. The van der Waals surface area contributed by atoms with Gasteiger partial charge in [-0.25, -0.2) is 8.42 Å². The molecule has 0 aliphatic heterocycles. The van der Waals surface area contributed by atoms with Crippen molar-refractivity contribution in [2.24, 2.45) is 0 Å². The molecule has 0 aliphatic carbocycles. The second-order valence-corrected chi connectivity index (χ2v) is 5.90. The summed E-state index contributed by atoms with van der Waals surface area (Å²) >= 11 is 0. The summed E-state index contributed by atoms with van der Waals surface area (Å²) in [6.45, 7) is 1.76. The third kappa shape index (κ3) is 3.04. The van der Waals surface area contributed by atoms with E-state index < -0.39 is 21.2 Å². The van der Waals surface area contributed by atoms with Gasteiger partial charge in [0.15, 0.2) is 9.84 Å². The van der Waals surface area contributed by atoms with Gasteiger partial charge in [-0.15, -0.1) is 0 Å². The highest BCUT2D eigenvalue weighted by Gasteiger charge is 2.27. The van der Waals surface area contributed by atoms with E-state index in [0.29, 0.717) is 12.0 Å². The smallest absolute Gasteiger partial charge is 0.153 e. The fourth-order valence-electron chi connectivity index (χ4n) is 1.63. The summed E-state index contributed by atoms with van der Waals surface area (Å²) in [4.78, 5) is 0. The molecule has 84 valence electrons. The number of aliphatic hydroxyl groups excluding tert-OH is 1. The SMILES string of the molecule is CC[C@@H]([C@H](O)c1ccccc1)S(C)(=O)=O. The first-order valence-corrected chi connectivity index (χ1v) is 6.84. The molecule has 0 spiro atoms. The van der Waals surface area contributed by atoms with E-state index in [-0.39, 0.29) is 0 Å². The van der Waals surface area contributed by atoms with Gasteiger partial charge in [-0.3, -0.25) is 0 Å². The molecule has 0 unspecified atom stereocenters. The Bertz CT molecular complexity index is 397. The third-order valence-electron chi connectivity index (χ3n) is 2.45. The Morgan fingerprint density at radius 3 is 2.20 bits per heavy atom. The van der Waals surface area contributed by atoms with Crippen LogP contribution in [-0.4, -0.2) is 25.0 Å². The monoisotopic (exact) mass is 228 g/mol. The first kappa shape index (κ1) is 12.2. The molecular formula is C11H16O3S. The van der Waals surface area contributed by atoms with Gasteiger partial charge in [-0.05, 0) is 12.0 Å². The predicted molar refractivity (Wildman–Crippen MR) is 60.3 cm³/mol. The lowest BCUT2D eigenvalue weighted by Crippen LogP contribution is -2.26. The summed E-state index contributed by atoms with van der Waals surface area (Å²) in [6.07, 6.45) is 0.633. The van der Waals surface area contributed by atoms with E-state index in [1.54, 1.807) is 31.2 Å². The normalized spacial score (nSPS) is 15.9. The number of aliphatic hydroxyl groups is 1. The standard InChI is InChI=1S/C11H16O3S/c1-3-10(15(2,13)14)11(12)9-7-5-4-6-8-9/h4-8,10-12H,3H2,1-2H3/t10-,11+/m0/s1. The highest BCUT2D eigenvalue weighted by Crippen LogP contribution is 2.23. The number of sulfone groups is 1. The molecule has 0 fully saturated rings. The van der Waals surface area contributed by atoms with Gasteiger partial charge < -0.3 is 5.11 Å².